The van der Waals surface area contributed by atoms with Crippen LogP contribution in [0.15, 0.2) is 18.2 Å². The van der Waals surface area contributed by atoms with Crippen LogP contribution in [0.4, 0.5) is 0 Å². The molecule has 1 rings (SSSR count). The summed E-state index contributed by atoms with van der Waals surface area (Å²) in [6.07, 6.45) is 25.8. The summed E-state index contributed by atoms with van der Waals surface area (Å²) >= 11 is 0. The summed E-state index contributed by atoms with van der Waals surface area (Å²) in [4.78, 5) is 0. The summed E-state index contributed by atoms with van der Waals surface area (Å²) in [6.45, 7) is 18.3. The Morgan fingerprint density at radius 3 is 1.29 bits per heavy atom. The van der Waals surface area contributed by atoms with E-state index in [1.807, 2.05) is 0 Å². The summed E-state index contributed by atoms with van der Waals surface area (Å²) < 4.78 is 27.3. The highest BCUT2D eigenvalue weighted by Gasteiger charge is 2.33. The maximum atomic E-state index is 14.4. The van der Waals surface area contributed by atoms with Crippen LogP contribution >= 0.6 is 7.60 Å². The van der Waals surface area contributed by atoms with E-state index in [1.165, 1.54) is 103 Å². The van der Waals surface area contributed by atoms with Crippen LogP contribution in [0.5, 0.6) is 5.75 Å². The molecule has 4 heteroatoms. The molecule has 3 nitrogen and oxygen atoms in total. The fourth-order valence-corrected chi connectivity index (χ4v) is 7.44. The number of unbranched alkanes of at least 4 members (excludes halogenated alkanes) is 18. The zero-order valence-electron chi connectivity index (χ0n) is 29.5. The van der Waals surface area contributed by atoms with Crippen molar-refractivity contribution >= 4 is 7.60 Å². The summed E-state index contributed by atoms with van der Waals surface area (Å²) in [5.74, 6) is 0.788. The van der Waals surface area contributed by atoms with Gasteiger partial charge >= 0.3 is 7.60 Å². The van der Waals surface area contributed by atoms with Crippen molar-refractivity contribution in [1.29, 1.82) is 0 Å². The molecule has 0 spiro atoms. The third kappa shape index (κ3) is 17.5. The van der Waals surface area contributed by atoms with Crippen LogP contribution in [-0.2, 0) is 19.9 Å². The molecule has 0 saturated heterocycles. The third-order valence-electron chi connectivity index (χ3n) is 8.43. The minimum atomic E-state index is -3.29. The predicted molar refractivity (Wildman–Crippen MR) is 187 cm³/mol. The molecule has 0 N–H and O–H groups in total. The number of para-hydroxylation sites is 1. The van der Waals surface area contributed by atoms with Gasteiger partial charge in [0.25, 0.3) is 0 Å². The Labute approximate surface area is 263 Å². The molecule has 0 aliphatic heterocycles. The minimum Gasteiger partial charge on any atom is -0.424 e. The number of hydrogen-bond donors (Lipinski definition) is 0. The van der Waals surface area contributed by atoms with Crippen LogP contribution in [0.3, 0.4) is 0 Å². The Hall–Kier alpha value is -0.790. The van der Waals surface area contributed by atoms with E-state index in [0.29, 0.717) is 12.8 Å². The molecule has 0 aliphatic rings. The van der Waals surface area contributed by atoms with Gasteiger partial charge in [0.1, 0.15) is 5.75 Å². The molecule has 1 unspecified atom stereocenters. The zero-order chi connectivity index (χ0) is 31.3. The van der Waals surface area contributed by atoms with E-state index < -0.39 is 7.60 Å². The molecule has 0 radical (unpaired) electrons. The lowest BCUT2D eigenvalue weighted by Gasteiger charge is -2.31. The molecule has 42 heavy (non-hydrogen) atoms. The van der Waals surface area contributed by atoms with Gasteiger partial charge < -0.3 is 4.52 Å². The largest absolute Gasteiger partial charge is 0.424 e. The summed E-state index contributed by atoms with van der Waals surface area (Å²) in [5.41, 5.74) is 1.99. The Morgan fingerprint density at radius 1 is 0.548 bits per heavy atom. The standard InChI is InChI=1S/C38H71O3P/c1-9-11-13-15-17-19-21-23-25-27-32-40-42(39,33-28-26-24-22-20-18-16-14-12-10-2)41-36-34(37(3,4)5)30-29-31-35(36)38(6,7)8/h29-31H,9-28,32-33H2,1-8H3. The number of hydrogen-bond acceptors (Lipinski definition) is 3. The highest BCUT2D eigenvalue weighted by Crippen LogP contribution is 2.53. The summed E-state index contributed by atoms with van der Waals surface area (Å²) in [7, 11) is -3.29. The molecule has 0 amide bonds. The SMILES string of the molecule is CCCCCCCCCCCCOP(=O)(CCCCCCCCCCCC)Oc1c(C(C)(C)C)cccc1C(C)(C)C. The second-order valence-electron chi connectivity index (χ2n) is 14.8. The molecule has 1 atom stereocenters. The van der Waals surface area contributed by atoms with Crippen LogP contribution < -0.4 is 4.52 Å². The lowest BCUT2D eigenvalue weighted by atomic mass is 9.80. The first-order valence-corrected chi connectivity index (χ1v) is 19.7. The predicted octanol–water partition coefficient (Wildman–Crippen LogP) is 13.7. The van der Waals surface area contributed by atoms with Crippen molar-refractivity contribution in [2.45, 2.75) is 195 Å². The van der Waals surface area contributed by atoms with Crippen molar-refractivity contribution in [2.75, 3.05) is 12.8 Å². The van der Waals surface area contributed by atoms with Crippen LogP contribution in [-0.4, -0.2) is 12.8 Å². The van der Waals surface area contributed by atoms with Crippen molar-refractivity contribution in [1.82, 2.24) is 0 Å². The van der Waals surface area contributed by atoms with E-state index in [2.05, 4.69) is 73.6 Å². The van der Waals surface area contributed by atoms with Gasteiger partial charge in [-0.1, -0.05) is 189 Å². The molecular formula is C38H71O3P. The molecule has 1 aromatic carbocycles. The highest BCUT2D eigenvalue weighted by atomic mass is 31.2. The summed E-state index contributed by atoms with van der Waals surface area (Å²) in [5, 5.41) is 0. The quantitative estimate of drug-likeness (QED) is 0.0820. The summed E-state index contributed by atoms with van der Waals surface area (Å²) in [6, 6.07) is 6.39. The smallest absolute Gasteiger partial charge is 0.379 e. The van der Waals surface area contributed by atoms with E-state index in [9.17, 15) is 4.57 Å². The van der Waals surface area contributed by atoms with Gasteiger partial charge in [-0.25, -0.2) is 4.57 Å². The highest BCUT2D eigenvalue weighted by molar-refractivity contribution is 7.54. The molecule has 0 saturated carbocycles. The average molecular weight is 607 g/mol. The normalized spacial score (nSPS) is 13.8. The monoisotopic (exact) mass is 607 g/mol. The van der Waals surface area contributed by atoms with Crippen molar-refractivity contribution in [3.63, 3.8) is 0 Å². The Kier molecular flexibility index (Phi) is 20.4. The Bertz CT molecular complexity index is 817. The van der Waals surface area contributed by atoms with E-state index in [-0.39, 0.29) is 10.8 Å². The maximum absolute atomic E-state index is 14.4. The number of benzene rings is 1. The zero-order valence-corrected chi connectivity index (χ0v) is 30.4. The fourth-order valence-electron chi connectivity index (χ4n) is 5.68. The molecule has 246 valence electrons. The van der Waals surface area contributed by atoms with E-state index in [1.54, 1.807) is 0 Å². The van der Waals surface area contributed by atoms with Crippen LogP contribution in [0.25, 0.3) is 0 Å². The minimum absolute atomic E-state index is 0.116. The molecule has 0 aromatic heterocycles. The van der Waals surface area contributed by atoms with Crippen molar-refractivity contribution in [3.05, 3.63) is 29.3 Å². The van der Waals surface area contributed by atoms with Crippen molar-refractivity contribution in [2.24, 2.45) is 0 Å². The third-order valence-corrected chi connectivity index (χ3v) is 10.3. The van der Waals surface area contributed by atoms with Gasteiger partial charge in [0.15, 0.2) is 0 Å². The van der Waals surface area contributed by atoms with Crippen molar-refractivity contribution in [3.8, 4) is 5.75 Å². The van der Waals surface area contributed by atoms with Gasteiger partial charge in [0, 0.05) is 11.1 Å². The molecule has 0 aliphatic carbocycles. The van der Waals surface area contributed by atoms with E-state index >= 15 is 0 Å². The Morgan fingerprint density at radius 2 is 0.905 bits per heavy atom. The molecule has 0 bridgehead atoms. The van der Waals surface area contributed by atoms with Crippen LogP contribution in [0.2, 0.25) is 0 Å². The topological polar surface area (TPSA) is 35.5 Å². The fraction of sp³-hybridized carbons (Fsp3) is 0.842. The molecule has 1 aromatic rings. The van der Waals surface area contributed by atoms with Gasteiger partial charge in [0.2, 0.25) is 0 Å². The first kappa shape index (κ1) is 39.2. The second kappa shape index (κ2) is 21.8. The Balaban J connectivity index is 2.77. The lowest BCUT2D eigenvalue weighted by Crippen LogP contribution is -2.19. The average Bonchev–Trinajstić information content (AvgIpc) is 2.91. The van der Waals surface area contributed by atoms with Gasteiger partial charge in [0.05, 0.1) is 12.8 Å². The van der Waals surface area contributed by atoms with E-state index in [4.69, 9.17) is 9.05 Å². The van der Waals surface area contributed by atoms with Crippen LogP contribution in [0, 0.1) is 0 Å². The van der Waals surface area contributed by atoms with Gasteiger partial charge in [-0.05, 0) is 23.7 Å². The van der Waals surface area contributed by atoms with Gasteiger partial charge in [-0.2, -0.15) is 0 Å². The van der Waals surface area contributed by atoms with Crippen LogP contribution in [0.1, 0.15) is 195 Å². The lowest BCUT2D eigenvalue weighted by molar-refractivity contribution is 0.254. The molecular weight excluding hydrogens is 535 g/mol. The van der Waals surface area contributed by atoms with Gasteiger partial charge in [-0.15, -0.1) is 0 Å². The van der Waals surface area contributed by atoms with E-state index in [0.717, 1.165) is 42.6 Å². The molecule has 0 fully saturated rings. The first-order valence-electron chi connectivity index (χ1n) is 18.0. The number of rotatable bonds is 25. The van der Waals surface area contributed by atoms with Gasteiger partial charge in [-0.3, -0.25) is 4.52 Å². The van der Waals surface area contributed by atoms with Crippen molar-refractivity contribution < 1.29 is 13.6 Å². The second-order valence-corrected chi connectivity index (χ2v) is 16.9. The first-order chi connectivity index (χ1) is 19.9. The maximum Gasteiger partial charge on any atom is 0.379 e. The molecule has 0 heterocycles.